The van der Waals surface area contributed by atoms with Gasteiger partial charge in [0.2, 0.25) is 0 Å². The van der Waals surface area contributed by atoms with Crippen LogP contribution >= 0.6 is 0 Å². The summed E-state index contributed by atoms with van der Waals surface area (Å²) in [4.78, 5) is 5.18. The number of nitrogens with zero attached hydrogens (tertiary/aromatic N) is 2. The maximum absolute atomic E-state index is 2.73. The second kappa shape index (κ2) is 4.63. The van der Waals surface area contributed by atoms with Gasteiger partial charge in [0.05, 0.1) is 0 Å². The molecule has 2 fully saturated rings. The molecule has 2 nitrogen and oxygen atoms in total. The van der Waals surface area contributed by atoms with Crippen LogP contribution in [-0.2, 0) is 0 Å². The van der Waals surface area contributed by atoms with Crippen molar-refractivity contribution in [2.24, 2.45) is 5.92 Å². The third-order valence-corrected chi connectivity index (χ3v) is 3.96. The van der Waals surface area contributed by atoms with Crippen LogP contribution in [0.1, 0.15) is 32.6 Å². The Morgan fingerprint density at radius 3 is 2.36 bits per heavy atom. The molecule has 0 amide bonds. The van der Waals surface area contributed by atoms with E-state index in [0.29, 0.717) is 0 Å². The second-order valence-electron chi connectivity index (χ2n) is 5.26. The zero-order chi connectivity index (χ0) is 9.97. The fraction of sp³-hybridized carbons (Fsp3) is 1.00. The Bertz CT molecular complexity index is 173. The molecule has 2 atom stereocenters. The topological polar surface area (TPSA) is 6.48 Å². The van der Waals surface area contributed by atoms with E-state index in [9.17, 15) is 0 Å². The second-order valence-corrected chi connectivity index (χ2v) is 5.26. The molecule has 2 rings (SSSR count). The van der Waals surface area contributed by atoms with Gasteiger partial charge in [-0.25, -0.2) is 0 Å². The van der Waals surface area contributed by atoms with Crippen molar-refractivity contribution >= 4 is 0 Å². The number of hydrogen-bond donors (Lipinski definition) is 0. The molecule has 0 aromatic heterocycles. The van der Waals surface area contributed by atoms with Crippen LogP contribution in [0.4, 0.5) is 0 Å². The van der Waals surface area contributed by atoms with Gasteiger partial charge >= 0.3 is 0 Å². The minimum Gasteiger partial charge on any atom is -0.304 e. The molecule has 14 heavy (non-hydrogen) atoms. The fourth-order valence-corrected chi connectivity index (χ4v) is 2.92. The third-order valence-electron chi connectivity index (χ3n) is 3.96. The molecule has 1 aliphatic heterocycles. The predicted octanol–water partition coefficient (Wildman–Crippen LogP) is 1.81. The summed E-state index contributed by atoms with van der Waals surface area (Å²) >= 11 is 0. The molecule has 0 aromatic carbocycles. The lowest BCUT2D eigenvalue weighted by Crippen LogP contribution is -2.50. The third kappa shape index (κ3) is 2.48. The van der Waals surface area contributed by atoms with Gasteiger partial charge < -0.3 is 4.90 Å². The minimum absolute atomic E-state index is 0.910. The van der Waals surface area contributed by atoms with Gasteiger partial charge in [-0.05, 0) is 25.8 Å². The lowest BCUT2D eigenvalue weighted by Gasteiger charge is -2.41. The lowest BCUT2D eigenvalue weighted by molar-refractivity contribution is 0.0797. The molecular weight excluding hydrogens is 172 g/mol. The van der Waals surface area contributed by atoms with Gasteiger partial charge in [-0.15, -0.1) is 0 Å². The predicted molar refractivity (Wildman–Crippen MR) is 60.5 cm³/mol. The Morgan fingerprint density at radius 2 is 1.71 bits per heavy atom. The van der Waals surface area contributed by atoms with Crippen molar-refractivity contribution in [2.45, 2.75) is 38.6 Å². The molecule has 0 spiro atoms. The Labute approximate surface area is 88.3 Å². The standard InChI is InChI=1S/C12H24N2/c1-11-4-3-5-12(10-11)14-8-6-13(2)7-9-14/h11-12H,3-10H2,1-2H3/t11-,12-/m0/s1. The Morgan fingerprint density at radius 1 is 1.00 bits per heavy atom. The molecule has 0 radical (unpaired) electrons. The first kappa shape index (κ1) is 10.4. The summed E-state index contributed by atoms with van der Waals surface area (Å²) in [7, 11) is 2.24. The molecule has 1 saturated carbocycles. The largest absolute Gasteiger partial charge is 0.304 e. The Balaban J connectivity index is 1.82. The van der Waals surface area contributed by atoms with Crippen molar-refractivity contribution in [1.29, 1.82) is 0 Å². The summed E-state index contributed by atoms with van der Waals surface area (Å²) in [5.41, 5.74) is 0. The molecule has 0 unspecified atom stereocenters. The van der Waals surface area contributed by atoms with Gasteiger partial charge in [0.1, 0.15) is 0 Å². The van der Waals surface area contributed by atoms with E-state index >= 15 is 0 Å². The number of hydrogen-bond acceptors (Lipinski definition) is 2. The highest BCUT2D eigenvalue weighted by molar-refractivity contribution is 4.81. The Hall–Kier alpha value is -0.0800. The van der Waals surface area contributed by atoms with E-state index in [2.05, 4.69) is 23.8 Å². The van der Waals surface area contributed by atoms with E-state index in [4.69, 9.17) is 0 Å². The lowest BCUT2D eigenvalue weighted by atomic mass is 9.86. The number of likely N-dealkylation sites (N-methyl/N-ethyl adjacent to an activating group) is 1. The van der Waals surface area contributed by atoms with Crippen LogP contribution in [0.15, 0.2) is 0 Å². The molecular formula is C12H24N2. The summed E-state index contributed by atoms with van der Waals surface area (Å²) in [5, 5.41) is 0. The maximum Gasteiger partial charge on any atom is 0.0113 e. The first-order valence-electron chi connectivity index (χ1n) is 6.18. The highest BCUT2D eigenvalue weighted by Gasteiger charge is 2.26. The average molecular weight is 196 g/mol. The van der Waals surface area contributed by atoms with Crippen LogP contribution in [0.5, 0.6) is 0 Å². The van der Waals surface area contributed by atoms with E-state index < -0.39 is 0 Å². The van der Waals surface area contributed by atoms with Gasteiger partial charge in [0.15, 0.2) is 0 Å². The first-order valence-corrected chi connectivity index (χ1v) is 6.18. The highest BCUT2D eigenvalue weighted by atomic mass is 15.3. The smallest absolute Gasteiger partial charge is 0.0113 e. The minimum atomic E-state index is 0.910. The summed E-state index contributed by atoms with van der Waals surface area (Å²) in [6.07, 6.45) is 5.82. The molecule has 1 saturated heterocycles. The zero-order valence-corrected chi connectivity index (χ0v) is 9.71. The molecule has 1 aliphatic carbocycles. The van der Waals surface area contributed by atoms with Gasteiger partial charge in [-0.2, -0.15) is 0 Å². The van der Waals surface area contributed by atoms with Crippen molar-refractivity contribution in [2.75, 3.05) is 33.2 Å². The van der Waals surface area contributed by atoms with Crippen molar-refractivity contribution in [3.8, 4) is 0 Å². The summed E-state index contributed by atoms with van der Waals surface area (Å²) in [5.74, 6) is 0.966. The fourth-order valence-electron chi connectivity index (χ4n) is 2.92. The number of piperazine rings is 1. The Kier molecular flexibility index (Phi) is 3.45. The number of rotatable bonds is 1. The SMILES string of the molecule is C[C@H]1CCC[C@H](N2CCN(C)CC2)C1. The van der Waals surface area contributed by atoms with Crippen LogP contribution in [0.3, 0.4) is 0 Å². The monoisotopic (exact) mass is 196 g/mol. The van der Waals surface area contributed by atoms with Gasteiger partial charge in [-0.3, -0.25) is 4.90 Å². The highest BCUT2D eigenvalue weighted by Crippen LogP contribution is 2.27. The summed E-state index contributed by atoms with van der Waals surface area (Å²) < 4.78 is 0. The summed E-state index contributed by atoms with van der Waals surface area (Å²) in [6, 6.07) is 0.910. The first-order chi connectivity index (χ1) is 6.75. The van der Waals surface area contributed by atoms with Crippen LogP contribution in [0.2, 0.25) is 0 Å². The van der Waals surface area contributed by atoms with Crippen LogP contribution in [0, 0.1) is 5.92 Å². The quantitative estimate of drug-likeness (QED) is 0.631. The van der Waals surface area contributed by atoms with E-state index in [1.165, 1.54) is 51.9 Å². The van der Waals surface area contributed by atoms with Crippen molar-refractivity contribution in [3.05, 3.63) is 0 Å². The van der Waals surface area contributed by atoms with E-state index in [1.54, 1.807) is 0 Å². The molecule has 82 valence electrons. The van der Waals surface area contributed by atoms with Gasteiger partial charge in [0, 0.05) is 32.2 Å². The zero-order valence-electron chi connectivity index (χ0n) is 9.71. The van der Waals surface area contributed by atoms with Crippen LogP contribution < -0.4 is 0 Å². The molecule has 2 heteroatoms. The molecule has 1 heterocycles. The van der Waals surface area contributed by atoms with E-state index in [0.717, 1.165) is 12.0 Å². The van der Waals surface area contributed by atoms with Crippen LogP contribution in [0.25, 0.3) is 0 Å². The van der Waals surface area contributed by atoms with Crippen molar-refractivity contribution in [1.82, 2.24) is 9.80 Å². The van der Waals surface area contributed by atoms with Crippen molar-refractivity contribution < 1.29 is 0 Å². The molecule has 0 bridgehead atoms. The normalized spacial score (nSPS) is 37.3. The average Bonchev–Trinajstić information content (AvgIpc) is 2.19. The van der Waals surface area contributed by atoms with Crippen molar-refractivity contribution in [3.63, 3.8) is 0 Å². The summed E-state index contributed by atoms with van der Waals surface area (Å²) in [6.45, 7) is 7.56. The van der Waals surface area contributed by atoms with Crippen LogP contribution in [-0.4, -0.2) is 49.1 Å². The van der Waals surface area contributed by atoms with Gasteiger partial charge in [-0.1, -0.05) is 19.8 Å². The van der Waals surface area contributed by atoms with E-state index in [-0.39, 0.29) is 0 Å². The van der Waals surface area contributed by atoms with Gasteiger partial charge in [0.25, 0.3) is 0 Å². The molecule has 0 aromatic rings. The maximum atomic E-state index is 2.73. The molecule has 2 aliphatic rings. The van der Waals surface area contributed by atoms with E-state index in [1.807, 2.05) is 0 Å². The molecule has 0 N–H and O–H groups in total.